The fourth-order valence-corrected chi connectivity index (χ4v) is 7.19. The quantitative estimate of drug-likeness (QED) is 0.295. The third kappa shape index (κ3) is 8.04. The van der Waals surface area contributed by atoms with Crippen molar-refractivity contribution in [2.75, 3.05) is 11.9 Å². The summed E-state index contributed by atoms with van der Waals surface area (Å²) in [5, 5.41) is 12.5. The molecule has 0 aromatic heterocycles. The Bertz CT molecular complexity index is 1690. The largest absolute Gasteiger partial charge is 0.481 e. The van der Waals surface area contributed by atoms with Gasteiger partial charge in [0, 0.05) is 11.3 Å². The second-order valence-corrected chi connectivity index (χ2v) is 13.7. The summed E-state index contributed by atoms with van der Waals surface area (Å²) in [7, 11) is -4.22. The van der Waals surface area contributed by atoms with Crippen molar-refractivity contribution in [2.45, 2.75) is 61.4 Å². The van der Waals surface area contributed by atoms with Crippen LogP contribution in [0.3, 0.4) is 0 Å². The summed E-state index contributed by atoms with van der Waals surface area (Å²) in [4.78, 5) is 52.0. The first-order chi connectivity index (χ1) is 21.2. The number of ether oxygens (including phenoxy) is 1. The van der Waals surface area contributed by atoms with E-state index in [1.165, 1.54) is 54.6 Å². The number of urea groups is 1. The van der Waals surface area contributed by atoms with Crippen LogP contribution >= 0.6 is 0 Å². The Hall–Kier alpha value is -4.78. The molecular formula is C32H34FN3O8S. The Morgan fingerprint density at radius 3 is 2.29 bits per heavy atom. The average molecular weight is 640 g/mol. The highest BCUT2D eigenvalue weighted by Gasteiger charge is 2.54. The van der Waals surface area contributed by atoms with E-state index in [0.717, 1.165) is 11.0 Å². The van der Waals surface area contributed by atoms with Gasteiger partial charge >= 0.3 is 18.0 Å². The number of sulfone groups is 1. The van der Waals surface area contributed by atoms with E-state index in [9.17, 15) is 27.6 Å². The Morgan fingerprint density at radius 2 is 1.64 bits per heavy atom. The maximum atomic E-state index is 15.3. The Morgan fingerprint density at radius 1 is 0.978 bits per heavy atom. The SMILES string of the molecule is CC(C)(C)OC(=O)C1CC(S(=O)(=O)c2ccccc2)C(c2ccccc2F)N1C(=O)CNC(=O)Nc1cccc(CC(=O)O)c1. The maximum Gasteiger partial charge on any atom is 0.329 e. The van der Waals surface area contributed by atoms with E-state index >= 15 is 4.39 Å². The second-order valence-electron chi connectivity index (χ2n) is 11.5. The van der Waals surface area contributed by atoms with Crippen LogP contribution in [0, 0.1) is 5.82 Å². The van der Waals surface area contributed by atoms with Crippen LogP contribution in [0.15, 0.2) is 83.8 Å². The lowest BCUT2D eigenvalue weighted by atomic mass is 10.0. The van der Waals surface area contributed by atoms with Gasteiger partial charge in [-0.1, -0.05) is 48.5 Å². The number of halogens is 1. The third-order valence-corrected chi connectivity index (χ3v) is 9.22. The molecule has 0 bridgehead atoms. The molecule has 3 aromatic rings. The van der Waals surface area contributed by atoms with Gasteiger partial charge in [-0.25, -0.2) is 22.4 Å². The number of carbonyl (C=O) groups is 4. The van der Waals surface area contributed by atoms with Gasteiger partial charge in [0.25, 0.3) is 0 Å². The van der Waals surface area contributed by atoms with E-state index in [-0.39, 0.29) is 29.0 Å². The van der Waals surface area contributed by atoms with Crippen LogP contribution in [-0.4, -0.2) is 65.7 Å². The van der Waals surface area contributed by atoms with Crippen LogP contribution in [0.1, 0.15) is 44.4 Å². The van der Waals surface area contributed by atoms with Crippen LogP contribution in [0.2, 0.25) is 0 Å². The van der Waals surface area contributed by atoms with Crippen molar-refractivity contribution in [3.05, 3.63) is 95.8 Å². The molecule has 13 heteroatoms. The molecule has 0 radical (unpaired) electrons. The van der Waals surface area contributed by atoms with Gasteiger partial charge in [0.1, 0.15) is 17.5 Å². The minimum absolute atomic E-state index is 0.0591. The third-order valence-electron chi connectivity index (χ3n) is 7.04. The fourth-order valence-electron chi connectivity index (χ4n) is 5.25. The normalized spacial score (nSPS) is 18.2. The molecule has 3 aromatic carbocycles. The highest BCUT2D eigenvalue weighted by atomic mass is 32.2. The standard InChI is InChI=1S/C32H34FN3O8S/c1-32(2,3)44-30(40)25-18-26(45(42,43)22-12-5-4-6-13-22)29(23-14-7-8-15-24(23)33)36(25)27(37)19-34-31(41)35-21-11-9-10-20(16-21)17-28(38)39/h4-16,25-26,29H,17-19H2,1-3H3,(H,38,39)(H2,34,35,41). The molecule has 4 rings (SSSR count). The zero-order chi connectivity index (χ0) is 32.9. The molecule has 0 saturated carbocycles. The van der Waals surface area contributed by atoms with Gasteiger partial charge < -0.3 is 25.4 Å². The summed E-state index contributed by atoms with van der Waals surface area (Å²) < 4.78 is 48.9. The zero-order valence-corrected chi connectivity index (χ0v) is 25.7. The zero-order valence-electron chi connectivity index (χ0n) is 24.9. The van der Waals surface area contributed by atoms with Crippen LogP contribution in [0.5, 0.6) is 0 Å². The number of esters is 1. The molecule has 238 valence electrons. The molecule has 3 N–H and O–H groups in total. The lowest BCUT2D eigenvalue weighted by molar-refractivity contribution is -0.164. The number of carboxylic acid groups (broad SMARTS) is 1. The predicted octanol–water partition coefficient (Wildman–Crippen LogP) is 4.10. The first kappa shape index (κ1) is 33.1. The van der Waals surface area contributed by atoms with Crippen LogP contribution in [-0.2, 0) is 35.4 Å². The molecule has 1 fully saturated rings. The van der Waals surface area contributed by atoms with Gasteiger partial charge in [-0.2, -0.15) is 0 Å². The minimum Gasteiger partial charge on any atom is -0.481 e. The molecule has 45 heavy (non-hydrogen) atoms. The van der Waals surface area contributed by atoms with Crippen LogP contribution in [0.25, 0.3) is 0 Å². The van der Waals surface area contributed by atoms with Gasteiger partial charge in [0.2, 0.25) is 5.91 Å². The van der Waals surface area contributed by atoms with E-state index in [0.29, 0.717) is 5.56 Å². The number of anilines is 1. The van der Waals surface area contributed by atoms with Crippen molar-refractivity contribution < 1.29 is 41.8 Å². The molecule has 1 aliphatic rings. The molecule has 3 atom stereocenters. The summed E-state index contributed by atoms with van der Waals surface area (Å²) in [6.07, 6.45) is -0.638. The monoisotopic (exact) mass is 639 g/mol. The van der Waals surface area contributed by atoms with Crippen molar-refractivity contribution in [2.24, 2.45) is 0 Å². The van der Waals surface area contributed by atoms with Crippen molar-refractivity contribution >= 4 is 39.4 Å². The van der Waals surface area contributed by atoms with Crippen molar-refractivity contribution in [1.82, 2.24) is 10.2 Å². The molecule has 0 aliphatic carbocycles. The molecule has 3 unspecified atom stereocenters. The summed E-state index contributed by atoms with van der Waals surface area (Å²) in [5.41, 5.74) is -0.388. The highest BCUT2D eigenvalue weighted by molar-refractivity contribution is 7.92. The van der Waals surface area contributed by atoms with Crippen LogP contribution < -0.4 is 10.6 Å². The Kier molecular flexibility index (Phi) is 9.91. The fraction of sp³-hybridized carbons (Fsp3) is 0.312. The van der Waals surface area contributed by atoms with E-state index < -0.39 is 69.0 Å². The Labute approximate surface area is 260 Å². The highest BCUT2D eigenvalue weighted by Crippen LogP contribution is 2.44. The molecule has 1 heterocycles. The topological polar surface area (TPSA) is 159 Å². The van der Waals surface area contributed by atoms with E-state index in [1.54, 1.807) is 39.0 Å². The number of aliphatic carboxylic acids is 1. The summed E-state index contributed by atoms with van der Waals surface area (Å²) >= 11 is 0. The number of carboxylic acids is 1. The van der Waals surface area contributed by atoms with Gasteiger partial charge in [-0.05, 0) is 63.1 Å². The number of hydrogen-bond acceptors (Lipinski definition) is 7. The second kappa shape index (κ2) is 13.5. The maximum absolute atomic E-state index is 15.3. The number of carbonyl (C=O) groups excluding carboxylic acids is 3. The van der Waals surface area contributed by atoms with Gasteiger partial charge in [-0.15, -0.1) is 0 Å². The molecular weight excluding hydrogens is 605 g/mol. The van der Waals surface area contributed by atoms with Crippen LogP contribution in [0.4, 0.5) is 14.9 Å². The molecule has 0 spiro atoms. The van der Waals surface area contributed by atoms with Crippen molar-refractivity contribution in [3.63, 3.8) is 0 Å². The number of nitrogens with zero attached hydrogens (tertiary/aromatic N) is 1. The summed E-state index contributed by atoms with van der Waals surface area (Å²) in [6, 6.07) is 15.3. The number of hydrogen-bond donors (Lipinski definition) is 3. The Balaban J connectivity index is 1.68. The lowest BCUT2D eigenvalue weighted by Gasteiger charge is -2.32. The number of likely N-dealkylation sites (tertiary alicyclic amines) is 1. The van der Waals surface area contributed by atoms with E-state index in [4.69, 9.17) is 9.84 Å². The number of amides is 3. The van der Waals surface area contributed by atoms with E-state index in [1.807, 2.05) is 0 Å². The molecule has 3 amide bonds. The van der Waals surface area contributed by atoms with E-state index in [2.05, 4.69) is 10.6 Å². The van der Waals surface area contributed by atoms with Gasteiger partial charge in [0.15, 0.2) is 9.84 Å². The number of rotatable bonds is 9. The first-order valence-electron chi connectivity index (χ1n) is 14.1. The van der Waals surface area contributed by atoms with Crippen molar-refractivity contribution in [1.29, 1.82) is 0 Å². The average Bonchev–Trinajstić information content (AvgIpc) is 3.37. The number of benzene rings is 3. The lowest BCUT2D eigenvalue weighted by Crippen LogP contribution is -2.49. The van der Waals surface area contributed by atoms with Gasteiger partial charge in [-0.3, -0.25) is 9.59 Å². The molecule has 1 aliphatic heterocycles. The summed E-state index contributed by atoms with van der Waals surface area (Å²) in [6.45, 7) is 4.19. The summed E-state index contributed by atoms with van der Waals surface area (Å²) in [5.74, 6) is -3.54. The van der Waals surface area contributed by atoms with Gasteiger partial charge in [0.05, 0.1) is 29.2 Å². The first-order valence-corrected chi connectivity index (χ1v) is 15.6. The van der Waals surface area contributed by atoms with Crippen molar-refractivity contribution in [3.8, 4) is 0 Å². The molecule has 11 nitrogen and oxygen atoms in total. The smallest absolute Gasteiger partial charge is 0.329 e. The predicted molar refractivity (Wildman–Crippen MR) is 162 cm³/mol. The number of nitrogens with one attached hydrogen (secondary N) is 2. The molecule has 1 saturated heterocycles. The minimum atomic E-state index is -4.22.